The summed E-state index contributed by atoms with van der Waals surface area (Å²) in [6, 6.07) is 11.0. The molecule has 1 saturated carbocycles. The number of carbonyl (C=O) groups is 1. The summed E-state index contributed by atoms with van der Waals surface area (Å²) in [5.41, 5.74) is 1.68. The van der Waals surface area contributed by atoms with Gasteiger partial charge >= 0.3 is 5.97 Å². The van der Waals surface area contributed by atoms with E-state index in [0.717, 1.165) is 44.1 Å². The maximum atomic E-state index is 11.8. The van der Waals surface area contributed by atoms with E-state index in [2.05, 4.69) is 78.6 Å². The van der Waals surface area contributed by atoms with Gasteiger partial charge in [-0.2, -0.15) is 0 Å². The van der Waals surface area contributed by atoms with Gasteiger partial charge in [-0.1, -0.05) is 39.0 Å². The number of ether oxygens (including phenoxy) is 2. The number of esters is 1. The number of nitrogens with zero attached hydrogens (tertiary/aromatic N) is 1. The molecule has 2 aromatic rings. The van der Waals surface area contributed by atoms with E-state index in [0.29, 0.717) is 18.1 Å². The van der Waals surface area contributed by atoms with Gasteiger partial charge in [0.05, 0.1) is 22.2 Å². The normalized spacial score (nSPS) is 22.5. The number of fused-ring (bicyclic) bond motifs is 1. The Labute approximate surface area is 206 Å². The Morgan fingerprint density at radius 3 is 2.47 bits per heavy atom. The fraction of sp³-hybridized carbons (Fsp3) is 0.593. The number of hydrogen-bond acceptors (Lipinski definition) is 4. The number of rotatable bonds is 6. The van der Waals surface area contributed by atoms with Crippen LogP contribution in [0.1, 0.15) is 58.9 Å². The van der Waals surface area contributed by atoms with E-state index in [9.17, 15) is 4.79 Å². The predicted octanol–water partition coefficient (Wildman–Crippen LogP) is 6.42. The molecule has 2 aromatic carbocycles. The lowest BCUT2D eigenvalue weighted by atomic mass is 9.72. The molecule has 4 nitrogen and oxygen atoms in total. The first-order valence-corrected chi connectivity index (χ1v) is 13.1. The number of halogens is 1. The molecule has 0 aromatic heterocycles. The van der Waals surface area contributed by atoms with Crippen molar-refractivity contribution in [2.75, 3.05) is 19.7 Å². The quantitative estimate of drug-likeness (QED) is 0.308. The van der Waals surface area contributed by atoms with Gasteiger partial charge < -0.3 is 9.47 Å². The third-order valence-electron chi connectivity index (χ3n) is 7.16. The Balaban J connectivity index is 1.36. The molecule has 5 heteroatoms. The molecular formula is C27H36INO3. The highest BCUT2D eigenvalue weighted by molar-refractivity contribution is 14.1. The van der Waals surface area contributed by atoms with Crippen LogP contribution in [0.5, 0.6) is 5.75 Å². The maximum Gasteiger partial charge on any atom is 0.311 e. The standard InChI is InChI=1S/C27H36INO3/c1-5-31-26(30)20-16-29(17-20)15-18-6-12-23-19(14-18)7-13-24(25(23)28)32-22-10-8-21(9-11-22)27(2,3)4/h6-7,12-14,20-22H,5,8-11,15-17H2,1-4H3/t21-,22-. The molecule has 32 heavy (non-hydrogen) atoms. The van der Waals surface area contributed by atoms with Crippen molar-refractivity contribution in [3.63, 3.8) is 0 Å². The van der Waals surface area contributed by atoms with E-state index in [1.54, 1.807) is 0 Å². The van der Waals surface area contributed by atoms with E-state index in [-0.39, 0.29) is 11.9 Å². The number of likely N-dealkylation sites (tertiary alicyclic amines) is 1. The van der Waals surface area contributed by atoms with Gasteiger partial charge in [-0.25, -0.2) is 0 Å². The van der Waals surface area contributed by atoms with E-state index in [1.807, 2.05) is 6.92 Å². The van der Waals surface area contributed by atoms with Crippen molar-refractivity contribution < 1.29 is 14.3 Å². The van der Waals surface area contributed by atoms with Crippen LogP contribution in [0.4, 0.5) is 0 Å². The Morgan fingerprint density at radius 1 is 1.09 bits per heavy atom. The molecule has 0 bridgehead atoms. The zero-order valence-electron chi connectivity index (χ0n) is 19.8. The van der Waals surface area contributed by atoms with Gasteiger partial charge in [0.2, 0.25) is 0 Å². The molecule has 2 fully saturated rings. The lowest BCUT2D eigenvalue weighted by Gasteiger charge is -2.37. The van der Waals surface area contributed by atoms with Crippen LogP contribution in [0, 0.1) is 20.8 Å². The number of benzene rings is 2. The molecule has 0 radical (unpaired) electrons. The van der Waals surface area contributed by atoms with Gasteiger partial charge in [-0.05, 0) is 95.0 Å². The minimum Gasteiger partial charge on any atom is -0.489 e. The molecule has 4 rings (SSSR count). The first kappa shape index (κ1) is 23.8. The summed E-state index contributed by atoms with van der Waals surface area (Å²) in [6.07, 6.45) is 5.15. The second kappa shape index (κ2) is 9.88. The van der Waals surface area contributed by atoms with E-state index in [4.69, 9.17) is 9.47 Å². The van der Waals surface area contributed by atoms with E-state index >= 15 is 0 Å². The van der Waals surface area contributed by atoms with Crippen molar-refractivity contribution in [3.05, 3.63) is 39.5 Å². The summed E-state index contributed by atoms with van der Waals surface area (Å²) in [5.74, 6) is 1.80. The molecule has 0 spiro atoms. The lowest BCUT2D eigenvalue weighted by Crippen LogP contribution is -2.50. The van der Waals surface area contributed by atoms with Gasteiger partial charge in [-0.3, -0.25) is 9.69 Å². The number of hydrogen-bond donors (Lipinski definition) is 0. The van der Waals surface area contributed by atoms with Gasteiger partial charge in [0.1, 0.15) is 5.75 Å². The average Bonchev–Trinajstić information content (AvgIpc) is 2.72. The summed E-state index contributed by atoms with van der Waals surface area (Å²) in [5, 5.41) is 2.50. The Hall–Kier alpha value is -1.34. The van der Waals surface area contributed by atoms with Crippen molar-refractivity contribution in [1.82, 2.24) is 4.90 Å². The maximum absolute atomic E-state index is 11.8. The molecule has 0 unspecified atom stereocenters. The minimum atomic E-state index is -0.0590. The van der Waals surface area contributed by atoms with Crippen LogP contribution in [0.2, 0.25) is 0 Å². The van der Waals surface area contributed by atoms with Crippen molar-refractivity contribution in [1.29, 1.82) is 0 Å². The van der Waals surface area contributed by atoms with Crippen LogP contribution in [-0.2, 0) is 16.1 Å². The third-order valence-corrected chi connectivity index (χ3v) is 8.27. The van der Waals surface area contributed by atoms with Crippen molar-refractivity contribution in [2.45, 2.75) is 66.0 Å². The minimum absolute atomic E-state index is 0.0366. The highest BCUT2D eigenvalue weighted by Gasteiger charge is 2.33. The summed E-state index contributed by atoms with van der Waals surface area (Å²) < 4.78 is 12.8. The molecule has 1 heterocycles. The smallest absolute Gasteiger partial charge is 0.311 e. The highest BCUT2D eigenvalue weighted by Crippen LogP contribution is 2.40. The molecule has 1 aliphatic heterocycles. The van der Waals surface area contributed by atoms with Crippen LogP contribution in [0.3, 0.4) is 0 Å². The summed E-state index contributed by atoms with van der Waals surface area (Å²) in [7, 11) is 0. The van der Waals surface area contributed by atoms with E-state index < -0.39 is 0 Å². The largest absolute Gasteiger partial charge is 0.489 e. The van der Waals surface area contributed by atoms with Gasteiger partial charge in [0, 0.05) is 19.6 Å². The first-order chi connectivity index (χ1) is 15.2. The van der Waals surface area contributed by atoms with Crippen LogP contribution in [-0.4, -0.2) is 36.7 Å². The Morgan fingerprint density at radius 2 is 1.81 bits per heavy atom. The highest BCUT2D eigenvalue weighted by atomic mass is 127. The van der Waals surface area contributed by atoms with Crippen molar-refractivity contribution in [2.24, 2.45) is 17.3 Å². The average molecular weight is 549 g/mol. The van der Waals surface area contributed by atoms with E-state index in [1.165, 1.54) is 32.7 Å². The van der Waals surface area contributed by atoms with Crippen LogP contribution < -0.4 is 4.74 Å². The monoisotopic (exact) mass is 549 g/mol. The molecule has 0 N–H and O–H groups in total. The van der Waals surface area contributed by atoms with Crippen LogP contribution in [0.15, 0.2) is 30.3 Å². The zero-order valence-corrected chi connectivity index (χ0v) is 22.0. The molecule has 1 saturated heterocycles. The second-order valence-corrected chi connectivity index (χ2v) is 11.6. The Bertz CT molecular complexity index is 953. The van der Waals surface area contributed by atoms with Crippen LogP contribution in [0.25, 0.3) is 10.8 Å². The third kappa shape index (κ3) is 5.41. The van der Waals surface area contributed by atoms with Gasteiger partial charge in [0.15, 0.2) is 0 Å². The summed E-state index contributed by atoms with van der Waals surface area (Å²) in [4.78, 5) is 14.1. The second-order valence-electron chi connectivity index (χ2n) is 10.5. The molecule has 0 amide bonds. The van der Waals surface area contributed by atoms with Crippen LogP contribution >= 0.6 is 22.6 Å². The predicted molar refractivity (Wildman–Crippen MR) is 138 cm³/mol. The molecule has 2 aliphatic rings. The molecule has 0 atom stereocenters. The summed E-state index contributed by atoms with van der Waals surface area (Å²) in [6.45, 7) is 11.9. The van der Waals surface area contributed by atoms with Gasteiger partial charge in [-0.15, -0.1) is 0 Å². The molecular weight excluding hydrogens is 513 g/mol. The van der Waals surface area contributed by atoms with Gasteiger partial charge in [0.25, 0.3) is 0 Å². The molecule has 174 valence electrons. The van der Waals surface area contributed by atoms with Crippen molar-refractivity contribution >= 4 is 39.3 Å². The Kier molecular flexibility index (Phi) is 7.35. The zero-order chi connectivity index (χ0) is 22.9. The first-order valence-electron chi connectivity index (χ1n) is 12.0. The summed E-state index contributed by atoms with van der Waals surface area (Å²) >= 11 is 2.44. The lowest BCUT2D eigenvalue weighted by molar-refractivity contribution is -0.154. The molecule has 1 aliphatic carbocycles. The fourth-order valence-electron chi connectivity index (χ4n) is 5.10. The van der Waals surface area contributed by atoms with Crippen molar-refractivity contribution in [3.8, 4) is 5.75 Å². The topological polar surface area (TPSA) is 38.8 Å². The fourth-order valence-corrected chi connectivity index (χ4v) is 5.90. The number of carbonyl (C=O) groups excluding carboxylic acids is 1. The SMILES string of the molecule is CCOC(=O)C1CN(Cc2ccc3c(I)c(O[C@H]4CC[C@H](C(C)(C)C)CC4)ccc3c2)C1.